The van der Waals surface area contributed by atoms with Crippen LogP contribution in [0, 0.1) is 5.92 Å². The third kappa shape index (κ3) is 1.88. The zero-order valence-electron chi connectivity index (χ0n) is 7.99. The molecule has 0 spiro atoms. The molecule has 0 saturated carbocycles. The minimum Gasteiger partial charge on any atom is -0.392 e. The van der Waals surface area contributed by atoms with E-state index in [-0.39, 0.29) is 18.2 Å². The smallest absolute Gasteiger partial charge is 0.235 e. The van der Waals surface area contributed by atoms with Crippen LogP contribution < -0.4 is 0 Å². The fraction of sp³-hybridized carbons (Fsp3) is 0.778. The van der Waals surface area contributed by atoms with E-state index in [2.05, 4.69) is 0 Å². The van der Waals surface area contributed by atoms with Gasteiger partial charge in [-0.1, -0.05) is 13.3 Å². The lowest BCUT2D eigenvalue weighted by Crippen LogP contribution is -2.30. The van der Waals surface area contributed by atoms with Gasteiger partial charge in [0, 0.05) is 13.5 Å². The molecule has 2 amide bonds. The molecule has 0 aliphatic carbocycles. The van der Waals surface area contributed by atoms with E-state index in [1.165, 1.54) is 7.05 Å². The van der Waals surface area contributed by atoms with E-state index < -0.39 is 12.0 Å². The molecule has 74 valence electrons. The monoisotopic (exact) mass is 185 g/mol. The first-order valence-electron chi connectivity index (χ1n) is 4.56. The normalized spacial score (nSPS) is 25.5. The second-order valence-corrected chi connectivity index (χ2v) is 3.46. The number of amides is 2. The third-order valence-electron chi connectivity index (χ3n) is 2.47. The number of hydrogen-bond donors (Lipinski definition) is 1. The average Bonchev–Trinajstić information content (AvgIpc) is 2.33. The highest BCUT2D eigenvalue weighted by atomic mass is 16.3. The molecule has 13 heavy (non-hydrogen) atoms. The molecule has 1 rings (SSSR count). The van der Waals surface area contributed by atoms with Crippen LogP contribution in [0.5, 0.6) is 0 Å². The molecule has 4 heteroatoms. The molecule has 1 saturated heterocycles. The minimum atomic E-state index is -0.661. The van der Waals surface area contributed by atoms with E-state index in [1.807, 2.05) is 6.92 Å². The number of imide groups is 1. The van der Waals surface area contributed by atoms with Crippen molar-refractivity contribution in [3.63, 3.8) is 0 Å². The summed E-state index contributed by atoms with van der Waals surface area (Å²) in [6.45, 7) is 1.94. The lowest BCUT2D eigenvalue weighted by atomic mass is 9.97. The molecule has 1 aliphatic heterocycles. The Labute approximate surface area is 77.5 Å². The van der Waals surface area contributed by atoms with Gasteiger partial charge in [-0.15, -0.1) is 0 Å². The highest BCUT2D eigenvalue weighted by Gasteiger charge is 2.39. The maximum absolute atomic E-state index is 11.4. The van der Waals surface area contributed by atoms with E-state index in [1.54, 1.807) is 0 Å². The van der Waals surface area contributed by atoms with Gasteiger partial charge in [0.25, 0.3) is 0 Å². The molecule has 1 N–H and O–H groups in total. The number of rotatable bonds is 3. The van der Waals surface area contributed by atoms with Gasteiger partial charge in [0.05, 0.1) is 12.0 Å². The fourth-order valence-electron chi connectivity index (χ4n) is 1.58. The SMILES string of the molecule is CCC[C@H](O)[C@H]1CC(=O)N(C)C1=O. The van der Waals surface area contributed by atoms with Crippen molar-refractivity contribution in [1.82, 2.24) is 4.90 Å². The van der Waals surface area contributed by atoms with Crippen molar-refractivity contribution in [3.8, 4) is 0 Å². The summed E-state index contributed by atoms with van der Waals surface area (Å²) >= 11 is 0. The van der Waals surface area contributed by atoms with Gasteiger partial charge in [-0.25, -0.2) is 0 Å². The predicted octanol–water partition coefficient (Wildman–Crippen LogP) is 0.152. The number of aliphatic hydroxyl groups excluding tert-OH is 1. The second kappa shape index (κ2) is 3.87. The molecule has 0 aromatic rings. The third-order valence-corrected chi connectivity index (χ3v) is 2.47. The average molecular weight is 185 g/mol. The first-order chi connectivity index (χ1) is 6.07. The van der Waals surface area contributed by atoms with Gasteiger partial charge in [-0.2, -0.15) is 0 Å². The first-order valence-corrected chi connectivity index (χ1v) is 4.56. The lowest BCUT2D eigenvalue weighted by molar-refractivity contribution is -0.138. The zero-order valence-corrected chi connectivity index (χ0v) is 7.99. The van der Waals surface area contributed by atoms with E-state index in [9.17, 15) is 14.7 Å². The zero-order chi connectivity index (χ0) is 10.0. The van der Waals surface area contributed by atoms with Gasteiger partial charge in [-0.3, -0.25) is 14.5 Å². The molecule has 1 fully saturated rings. The van der Waals surface area contributed by atoms with Crippen molar-refractivity contribution < 1.29 is 14.7 Å². The lowest BCUT2D eigenvalue weighted by Gasteiger charge is -2.14. The summed E-state index contributed by atoms with van der Waals surface area (Å²) in [4.78, 5) is 23.6. The summed E-state index contributed by atoms with van der Waals surface area (Å²) < 4.78 is 0. The van der Waals surface area contributed by atoms with E-state index in [0.717, 1.165) is 11.3 Å². The van der Waals surface area contributed by atoms with Crippen LogP contribution in [-0.4, -0.2) is 35.0 Å². The maximum Gasteiger partial charge on any atom is 0.235 e. The Bertz CT molecular complexity index is 227. The number of carbonyl (C=O) groups excluding carboxylic acids is 2. The minimum absolute atomic E-state index is 0.163. The molecule has 2 atom stereocenters. The number of carbonyl (C=O) groups is 2. The molecular formula is C9H15NO3. The summed E-state index contributed by atoms with van der Waals surface area (Å²) in [7, 11) is 1.46. The Balaban J connectivity index is 2.62. The Morgan fingerprint density at radius 3 is 2.62 bits per heavy atom. The second-order valence-electron chi connectivity index (χ2n) is 3.46. The van der Waals surface area contributed by atoms with Crippen LogP contribution in [0.3, 0.4) is 0 Å². The van der Waals surface area contributed by atoms with Crippen LogP contribution in [0.1, 0.15) is 26.2 Å². The fourth-order valence-corrected chi connectivity index (χ4v) is 1.58. The van der Waals surface area contributed by atoms with Crippen LogP contribution >= 0.6 is 0 Å². The van der Waals surface area contributed by atoms with Crippen molar-refractivity contribution in [3.05, 3.63) is 0 Å². The molecule has 1 aliphatic rings. The van der Waals surface area contributed by atoms with Crippen LogP contribution in [0.2, 0.25) is 0 Å². The molecule has 4 nitrogen and oxygen atoms in total. The number of nitrogens with zero attached hydrogens (tertiary/aromatic N) is 1. The highest BCUT2D eigenvalue weighted by Crippen LogP contribution is 2.23. The number of hydrogen-bond acceptors (Lipinski definition) is 3. The maximum atomic E-state index is 11.4. The largest absolute Gasteiger partial charge is 0.392 e. The summed E-state index contributed by atoms with van der Waals surface area (Å²) in [6, 6.07) is 0. The quantitative estimate of drug-likeness (QED) is 0.637. The molecule has 0 unspecified atom stereocenters. The Morgan fingerprint density at radius 1 is 1.62 bits per heavy atom. The Hall–Kier alpha value is -0.900. The van der Waals surface area contributed by atoms with E-state index >= 15 is 0 Å². The molecule has 0 aromatic carbocycles. The summed E-state index contributed by atoms with van der Waals surface area (Å²) in [5.41, 5.74) is 0. The van der Waals surface area contributed by atoms with Crippen molar-refractivity contribution in [2.75, 3.05) is 7.05 Å². The van der Waals surface area contributed by atoms with Gasteiger partial charge in [0.2, 0.25) is 11.8 Å². The highest BCUT2D eigenvalue weighted by molar-refractivity contribution is 6.03. The van der Waals surface area contributed by atoms with Crippen molar-refractivity contribution in [1.29, 1.82) is 0 Å². The van der Waals surface area contributed by atoms with Gasteiger partial charge < -0.3 is 5.11 Å². The van der Waals surface area contributed by atoms with Crippen molar-refractivity contribution in [2.24, 2.45) is 5.92 Å². The molecular weight excluding hydrogens is 170 g/mol. The number of likely N-dealkylation sites (tertiary alicyclic amines) is 1. The number of aliphatic hydroxyl groups is 1. The Kier molecular flexibility index (Phi) is 3.03. The Morgan fingerprint density at radius 2 is 2.23 bits per heavy atom. The van der Waals surface area contributed by atoms with Gasteiger partial charge in [0.15, 0.2) is 0 Å². The topological polar surface area (TPSA) is 57.6 Å². The standard InChI is InChI=1S/C9H15NO3/c1-3-4-7(11)6-5-8(12)10(2)9(6)13/h6-7,11H,3-5H2,1-2H3/t6-,7+/m1/s1. The van der Waals surface area contributed by atoms with Gasteiger partial charge >= 0.3 is 0 Å². The van der Waals surface area contributed by atoms with Gasteiger partial charge in [-0.05, 0) is 6.42 Å². The predicted molar refractivity (Wildman–Crippen MR) is 46.8 cm³/mol. The van der Waals surface area contributed by atoms with Crippen LogP contribution in [0.15, 0.2) is 0 Å². The van der Waals surface area contributed by atoms with Crippen LogP contribution in [0.25, 0.3) is 0 Å². The molecule has 0 radical (unpaired) electrons. The molecule has 0 aromatic heterocycles. The molecule has 1 heterocycles. The summed E-state index contributed by atoms with van der Waals surface area (Å²) in [5, 5.41) is 9.56. The molecule has 0 bridgehead atoms. The summed E-state index contributed by atoms with van der Waals surface area (Å²) in [6.07, 6.45) is 0.906. The van der Waals surface area contributed by atoms with Crippen LogP contribution in [0.4, 0.5) is 0 Å². The van der Waals surface area contributed by atoms with Crippen molar-refractivity contribution in [2.45, 2.75) is 32.3 Å². The summed E-state index contributed by atoms with van der Waals surface area (Å²) in [5.74, 6) is -0.937. The van der Waals surface area contributed by atoms with E-state index in [0.29, 0.717) is 6.42 Å². The van der Waals surface area contributed by atoms with Crippen molar-refractivity contribution >= 4 is 11.8 Å². The first kappa shape index (κ1) is 10.2. The van der Waals surface area contributed by atoms with Gasteiger partial charge in [0.1, 0.15) is 0 Å². The van der Waals surface area contributed by atoms with E-state index in [4.69, 9.17) is 0 Å². The van der Waals surface area contributed by atoms with Crippen LogP contribution in [-0.2, 0) is 9.59 Å².